The van der Waals surface area contributed by atoms with Gasteiger partial charge in [0, 0.05) is 21.8 Å². The maximum absolute atomic E-state index is 9.72. The first kappa shape index (κ1) is 23.0. The second-order valence-electron chi connectivity index (χ2n) is 12.2. The lowest BCUT2D eigenvalue weighted by atomic mass is 9.93. The van der Waals surface area contributed by atoms with Gasteiger partial charge in [0.2, 0.25) is 0 Å². The standard InChI is InChI=1S/C46H29NO/c1-5-16-36-30(11-1)14-9-20-42(36)47(43-21-10-22-44-45(43)40-28-25-31-12-2-6-17-37(31)46(40)48-44)34-26-23-32(24-27-34)41-29-33-13-3-4-15-35(33)38-18-7-8-19-39(38)41/h1-29H/i23D,24D,26D,27D. The van der Waals surface area contributed by atoms with Gasteiger partial charge in [-0.2, -0.15) is 0 Å². The van der Waals surface area contributed by atoms with Crippen LogP contribution in [0.15, 0.2) is 180 Å². The average molecular weight is 616 g/mol. The fraction of sp³-hybridized carbons (Fsp3) is 0. The molecule has 0 fully saturated rings. The lowest BCUT2D eigenvalue weighted by molar-refractivity contribution is 0.672. The molecule has 0 saturated heterocycles. The molecule has 0 unspecified atom stereocenters. The monoisotopic (exact) mass is 615 g/mol. The van der Waals surface area contributed by atoms with Crippen LogP contribution in [0.4, 0.5) is 17.1 Å². The Morgan fingerprint density at radius 3 is 1.85 bits per heavy atom. The molecule has 0 spiro atoms. The van der Waals surface area contributed by atoms with E-state index in [1.54, 1.807) is 0 Å². The number of nitrogens with zero attached hydrogens (tertiary/aromatic N) is 1. The van der Waals surface area contributed by atoms with E-state index in [-0.39, 0.29) is 35.4 Å². The van der Waals surface area contributed by atoms with E-state index in [1.807, 2.05) is 126 Å². The van der Waals surface area contributed by atoms with Gasteiger partial charge in [-0.1, -0.05) is 133 Å². The van der Waals surface area contributed by atoms with Crippen LogP contribution in [0.2, 0.25) is 0 Å². The van der Waals surface area contributed by atoms with E-state index in [0.29, 0.717) is 16.8 Å². The van der Waals surface area contributed by atoms with Gasteiger partial charge in [0.05, 0.1) is 22.2 Å². The fourth-order valence-corrected chi connectivity index (χ4v) is 7.31. The zero-order valence-electron chi connectivity index (χ0n) is 29.8. The maximum Gasteiger partial charge on any atom is 0.143 e. The number of benzene rings is 9. The first-order valence-electron chi connectivity index (χ1n) is 18.1. The van der Waals surface area contributed by atoms with E-state index in [0.717, 1.165) is 65.1 Å². The molecule has 10 rings (SSSR count). The summed E-state index contributed by atoms with van der Waals surface area (Å²) >= 11 is 0. The lowest BCUT2D eigenvalue weighted by Gasteiger charge is -2.28. The zero-order valence-corrected chi connectivity index (χ0v) is 25.8. The van der Waals surface area contributed by atoms with Crippen LogP contribution in [0.5, 0.6) is 0 Å². The van der Waals surface area contributed by atoms with Crippen LogP contribution in [-0.4, -0.2) is 0 Å². The summed E-state index contributed by atoms with van der Waals surface area (Å²) in [6, 6.07) is 49.8. The Labute approximate surface area is 283 Å². The van der Waals surface area contributed by atoms with E-state index >= 15 is 0 Å². The summed E-state index contributed by atoms with van der Waals surface area (Å²) in [5, 5.41) is 9.64. The van der Waals surface area contributed by atoms with Crippen molar-refractivity contribution in [2.45, 2.75) is 0 Å². The Kier molecular flexibility index (Phi) is 5.08. The number of hydrogen-bond donors (Lipinski definition) is 0. The molecule has 0 amide bonds. The normalized spacial score (nSPS) is 12.9. The van der Waals surface area contributed by atoms with Crippen LogP contribution in [0.1, 0.15) is 5.48 Å². The molecule has 10 aromatic rings. The highest BCUT2D eigenvalue weighted by Gasteiger charge is 2.22. The Morgan fingerprint density at radius 2 is 1.04 bits per heavy atom. The van der Waals surface area contributed by atoms with Crippen LogP contribution in [0, 0.1) is 0 Å². The van der Waals surface area contributed by atoms with Crippen LogP contribution >= 0.6 is 0 Å². The number of fused-ring (bicyclic) bond motifs is 9. The highest BCUT2D eigenvalue weighted by Crippen LogP contribution is 2.46. The van der Waals surface area contributed by atoms with E-state index in [1.165, 1.54) is 0 Å². The van der Waals surface area contributed by atoms with Crippen molar-refractivity contribution in [1.82, 2.24) is 0 Å². The molecule has 0 atom stereocenters. The van der Waals surface area contributed by atoms with Gasteiger partial charge in [-0.05, 0) is 85.9 Å². The van der Waals surface area contributed by atoms with Crippen molar-refractivity contribution in [2.75, 3.05) is 4.90 Å². The van der Waals surface area contributed by atoms with Crippen molar-refractivity contribution in [3.63, 3.8) is 0 Å². The van der Waals surface area contributed by atoms with Crippen molar-refractivity contribution in [3.05, 3.63) is 176 Å². The molecule has 0 radical (unpaired) electrons. The molecule has 1 heterocycles. The number of anilines is 3. The third-order valence-corrected chi connectivity index (χ3v) is 9.49. The SMILES string of the molecule is [2H]c1c([2H])c(N(c2cccc3ccccc23)c2cccc3oc4c5ccccc5ccc4c23)c([2H])c([2H])c1-c1cc2ccccc2c2ccccc12. The highest BCUT2D eigenvalue weighted by atomic mass is 16.3. The molecule has 0 aliphatic rings. The predicted octanol–water partition coefficient (Wildman–Crippen LogP) is 13.3. The fourth-order valence-electron chi connectivity index (χ4n) is 7.31. The third-order valence-electron chi connectivity index (χ3n) is 9.49. The quantitative estimate of drug-likeness (QED) is 0.183. The van der Waals surface area contributed by atoms with E-state index < -0.39 is 0 Å². The topological polar surface area (TPSA) is 16.4 Å². The second kappa shape index (κ2) is 10.6. The van der Waals surface area contributed by atoms with Crippen LogP contribution < -0.4 is 4.90 Å². The van der Waals surface area contributed by atoms with Gasteiger partial charge < -0.3 is 9.32 Å². The molecular formula is C46H29NO. The second-order valence-corrected chi connectivity index (χ2v) is 12.2. The summed E-state index contributed by atoms with van der Waals surface area (Å²) in [6.45, 7) is 0. The lowest BCUT2D eigenvalue weighted by Crippen LogP contribution is -2.10. The molecular weight excluding hydrogens is 583 g/mol. The molecule has 0 N–H and O–H groups in total. The summed E-state index contributed by atoms with van der Waals surface area (Å²) < 4.78 is 45.2. The van der Waals surface area contributed by atoms with E-state index in [2.05, 4.69) is 30.3 Å². The van der Waals surface area contributed by atoms with Crippen molar-refractivity contribution in [1.29, 1.82) is 0 Å². The molecule has 48 heavy (non-hydrogen) atoms. The molecule has 0 aliphatic carbocycles. The molecule has 0 saturated carbocycles. The summed E-state index contributed by atoms with van der Waals surface area (Å²) in [5.41, 5.74) is 3.99. The molecule has 2 nitrogen and oxygen atoms in total. The Balaban J connectivity index is 1.31. The first-order valence-corrected chi connectivity index (χ1v) is 16.1. The van der Waals surface area contributed by atoms with Gasteiger partial charge in [0.1, 0.15) is 11.2 Å². The summed E-state index contributed by atoms with van der Waals surface area (Å²) in [5.74, 6) is 0. The van der Waals surface area contributed by atoms with Crippen molar-refractivity contribution < 1.29 is 9.90 Å². The van der Waals surface area contributed by atoms with Gasteiger partial charge in [0.15, 0.2) is 0 Å². The summed E-state index contributed by atoms with van der Waals surface area (Å²) in [7, 11) is 0. The Bertz CT molecular complexity index is 3060. The molecule has 0 aliphatic heterocycles. The van der Waals surface area contributed by atoms with Gasteiger partial charge >= 0.3 is 0 Å². The van der Waals surface area contributed by atoms with E-state index in [4.69, 9.17) is 4.42 Å². The minimum absolute atomic E-state index is 0.100. The van der Waals surface area contributed by atoms with Crippen molar-refractivity contribution in [3.8, 4) is 11.1 Å². The molecule has 2 heteroatoms. The zero-order chi connectivity index (χ0) is 35.1. The number of furan rings is 1. The largest absolute Gasteiger partial charge is 0.455 e. The summed E-state index contributed by atoms with van der Waals surface area (Å²) in [6.07, 6.45) is 0. The molecule has 0 bridgehead atoms. The van der Waals surface area contributed by atoms with Crippen LogP contribution in [0.3, 0.4) is 0 Å². The minimum atomic E-state index is -0.128. The summed E-state index contributed by atoms with van der Waals surface area (Å²) in [4.78, 5) is 1.90. The molecule has 224 valence electrons. The van der Waals surface area contributed by atoms with Gasteiger partial charge in [0.25, 0.3) is 0 Å². The predicted molar refractivity (Wildman–Crippen MR) is 204 cm³/mol. The van der Waals surface area contributed by atoms with Gasteiger partial charge in [-0.15, -0.1) is 0 Å². The van der Waals surface area contributed by atoms with Crippen molar-refractivity contribution >= 4 is 82.1 Å². The van der Waals surface area contributed by atoms with Gasteiger partial charge in [-0.3, -0.25) is 0 Å². The number of rotatable bonds is 4. The van der Waals surface area contributed by atoms with Crippen LogP contribution in [0.25, 0.3) is 76.2 Å². The molecule has 9 aromatic carbocycles. The Hall–Kier alpha value is -6.38. The average Bonchev–Trinajstić information content (AvgIpc) is 3.59. The van der Waals surface area contributed by atoms with Gasteiger partial charge in [-0.25, -0.2) is 0 Å². The smallest absolute Gasteiger partial charge is 0.143 e. The first-order chi connectivity index (χ1) is 25.5. The van der Waals surface area contributed by atoms with Crippen LogP contribution in [-0.2, 0) is 0 Å². The number of hydrogen-bond acceptors (Lipinski definition) is 2. The minimum Gasteiger partial charge on any atom is -0.455 e. The highest BCUT2D eigenvalue weighted by molar-refractivity contribution is 6.20. The molecule has 1 aromatic heterocycles. The third kappa shape index (κ3) is 4.06. The Morgan fingerprint density at radius 1 is 0.438 bits per heavy atom. The van der Waals surface area contributed by atoms with Crippen molar-refractivity contribution in [2.24, 2.45) is 0 Å². The van der Waals surface area contributed by atoms with E-state index in [9.17, 15) is 5.48 Å². The maximum atomic E-state index is 9.72.